The van der Waals surface area contributed by atoms with Gasteiger partial charge in [0.2, 0.25) is 10.0 Å². The first-order chi connectivity index (χ1) is 9.98. The van der Waals surface area contributed by atoms with Gasteiger partial charge < -0.3 is 5.32 Å². The van der Waals surface area contributed by atoms with Gasteiger partial charge in [-0.1, -0.05) is 6.07 Å². The summed E-state index contributed by atoms with van der Waals surface area (Å²) in [6, 6.07) is 5.98. The maximum atomic E-state index is 13.0. The fourth-order valence-corrected chi connectivity index (χ4v) is 4.76. The zero-order valence-corrected chi connectivity index (χ0v) is 13.6. The van der Waals surface area contributed by atoms with Crippen molar-refractivity contribution in [3.8, 4) is 0 Å². The Morgan fingerprint density at radius 3 is 2.52 bits per heavy atom. The first kappa shape index (κ1) is 15.0. The Kier molecular flexibility index (Phi) is 4.08. The van der Waals surface area contributed by atoms with Gasteiger partial charge in [0.25, 0.3) is 0 Å². The van der Waals surface area contributed by atoms with Gasteiger partial charge >= 0.3 is 0 Å². The summed E-state index contributed by atoms with van der Waals surface area (Å²) < 4.78 is 27.7. The lowest BCUT2D eigenvalue weighted by Crippen LogP contribution is -2.42. The van der Waals surface area contributed by atoms with Crippen LogP contribution in [0.2, 0.25) is 0 Å². The molecule has 116 valence electrons. The Morgan fingerprint density at radius 2 is 1.95 bits per heavy atom. The molecule has 2 fully saturated rings. The minimum atomic E-state index is -3.37. The Morgan fingerprint density at radius 1 is 1.19 bits per heavy atom. The van der Waals surface area contributed by atoms with Gasteiger partial charge in [-0.3, -0.25) is 0 Å². The van der Waals surface area contributed by atoms with E-state index in [1.165, 1.54) is 0 Å². The van der Waals surface area contributed by atoms with Crippen LogP contribution in [0.25, 0.3) is 0 Å². The van der Waals surface area contributed by atoms with E-state index < -0.39 is 10.0 Å². The van der Waals surface area contributed by atoms with Gasteiger partial charge in [0.1, 0.15) is 0 Å². The molecule has 1 unspecified atom stereocenters. The van der Waals surface area contributed by atoms with E-state index in [4.69, 9.17) is 0 Å². The van der Waals surface area contributed by atoms with Crippen molar-refractivity contribution in [1.29, 1.82) is 0 Å². The SMILES string of the molecule is Cc1ccc(S(=O)(=O)N(CC2CCCN2)C2CC2)cc1C. The van der Waals surface area contributed by atoms with Gasteiger partial charge in [-0.15, -0.1) is 0 Å². The topological polar surface area (TPSA) is 49.4 Å². The summed E-state index contributed by atoms with van der Waals surface area (Å²) in [5.74, 6) is 0. The Hall–Kier alpha value is -0.910. The van der Waals surface area contributed by atoms with Crippen LogP contribution in [0, 0.1) is 13.8 Å². The molecule has 0 bridgehead atoms. The number of sulfonamides is 1. The Balaban J connectivity index is 1.87. The van der Waals surface area contributed by atoms with Gasteiger partial charge in [-0.2, -0.15) is 4.31 Å². The number of aryl methyl sites for hydroxylation is 2. The van der Waals surface area contributed by atoms with Crippen LogP contribution in [0.15, 0.2) is 23.1 Å². The van der Waals surface area contributed by atoms with Crippen LogP contribution in [0.4, 0.5) is 0 Å². The third kappa shape index (κ3) is 3.15. The molecule has 1 saturated carbocycles. The van der Waals surface area contributed by atoms with Crippen molar-refractivity contribution < 1.29 is 8.42 Å². The van der Waals surface area contributed by atoms with E-state index in [0.717, 1.165) is 43.4 Å². The Labute approximate surface area is 127 Å². The van der Waals surface area contributed by atoms with E-state index in [1.807, 2.05) is 26.0 Å². The molecule has 1 heterocycles. The van der Waals surface area contributed by atoms with Crippen molar-refractivity contribution in [2.24, 2.45) is 0 Å². The third-order valence-electron chi connectivity index (χ3n) is 4.60. The molecule has 1 atom stereocenters. The first-order valence-corrected chi connectivity index (χ1v) is 9.25. The largest absolute Gasteiger partial charge is 0.313 e. The minimum absolute atomic E-state index is 0.207. The van der Waals surface area contributed by atoms with Gasteiger partial charge in [0.15, 0.2) is 0 Å². The second kappa shape index (κ2) is 5.71. The summed E-state index contributed by atoms with van der Waals surface area (Å²) in [5, 5.41) is 3.41. The highest BCUT2D eigenvalue weighted by atomic mass is 32.2. The maximum absolute atomic E-state index is 13.0. The quantitative estimate of drug-likeness (QED) is 0.907. The highest BCUT2D eigenvalue weighted by Gasteiger charge is 2.39. The average Bonchev–Trinajstić information content (AvgIpc) is 3.15. The van der Waals surface area contributed by atoms with E-state index in [9.17, 15) is 8.42 Å². The summed E-state index contributed by atoms with van der Waals surface area (Å²) in [6.07, 6.45) is 4.21. The average molecular weight is 308 g/mol. The first-order valence-electron chi connectivity index (χ1n) is 7.81. The lowest BCUT2D eigenvalue weighted by Gasteiger charge is -2.25. The third-order valence-corrected chi connectivity index (χ3v) is 6.52. The number of nitrogens with one attached hydrogen (secondary N) is 1. The lowest BCUT2D eigenvalue weighted by molar-refractivity contribution is 0.363. The summed E-state index contributed by atoms with van der Waals surface area (Å²) in [4.78, 5) is 0.440. The molecule has 1 aromatic rings. The molecular weight excluding hydrogens is 284 g/mol. The van der Waals surface area contributed by atoms with Crippen LogP contribution in [0.5, 0.6) is 0 Å². The van der Waals surface area contributed by atoms with Crippen molar-refractivity contribution >= 4 is 10.0 Å². The smallest absolute Gasteiger partial charge is 0.243 e. The second-order valence-electron chi connectivity index (χ2n) is 6.35. The predicted octanol–water partition coefficient (Wildman–Crippen LogP) is 2.21. The normalized spacial score (nSPS) is 22.9. The zero-order valence-electron chi connectivity index (χ0n) is 12.8. The van der Waals surface area contributed by atoms with Gasteiger partial charge in [0, 0.05) is 18.6 Å². The summed E-state index contributed by atoms with van der Waals surface area (Å²) in [5.41, 5.74) is 2.16. The molecule has 0 amide bonds. The van der Waals surface area contributed by atoms with Crippen LogP contribution in [-0.2, 0) is 10.0 Å². The Bertz CT molecular complexity index is 617. The van der Waals surface area contributed by atoms with E-state index in [1.54, 1.807) is 10.4 Å². The standard InChI is InChI=1S/C16H24N2O2S/c1-12-5-8-16(10-13(12)2)21(19,20)18(15-6-7-15)11-14-4-3-9-17-14/h5,8,10,14-15,17H,3-4,6-7,9,11H2,1-2H3. The highest BCUT2D eigenvalue weighted by Crippen LogP contribution is 2.33. The highest BCUT2D eigenvalue weighted by molar-refractivity contribution is 7.89. The fourth-order valence-electron chi connectivity index (χ4n) is 2.95. The summed E-state index contributed by atoms with van der Waals surface area (Å²) in [7, 11) is -3.37. The van der Waals surface area contributed by atoms with Crippen molar-refractivity contribution in [3.05, 3.63) is 29.3 Å². The number of nitrogens with zero attached hydrogens (tertiary/aromatic N) is 1. The number of hydrogen-bond donors (Lipinski definition) is 1. The lowest BCUT2D eigenvalue weighted by atomic mass is 10.1. The molecule has 1 saturated heterocycles. The van der Waals surface area contributed by atoms with Crippen LogP contribution in [0.3, 0.4) is 0 Å². The predicted molar refractivity (Wildman–Crippen MR) is 83.9 cm³/mol. The van der Waals surface area contributed by atoms with E-state index in [-0.39, 0.29) is 6.04 Å². The minimum Gasteiger partial charge on any atom is -0.313 e. The van der Waals surface area contributed by atoms with Gasteiger partial charge in [-0.25, -0.2) is 8.42 Å². The number of rotatable bonds is 5. The maximum Gasteiger partial charge on any atom is 0.243 e. The van der Waals surface area contributed by atoms with Crippen molar-refractivity contribution in [3.63, 3.8) is 0 Å². The molecule has 1 aliphatic heterocycles. The molecule has 0 spiro atoms. The van der Waals surface area contributed by atoms with E-state index in [2.05, 4.69) is 5.32 Å². The molecule has 4 nitrogen and oxygen atoms in total. The van der Waals surface area contributed by atoms with E-state index in [0.29, 0.717) is 17.5 Å². The van der Waals surface area contributed by atoms with E-state index >= 15 is 0 Å². The molecule has 1 aromatic carbocycles. The molecule has 1 N–H and O–H groups in total. The molecule has 5 heteroatoms. The van der Waals surface area contributed by atoms with Gasteiger partial charge in [0.05, 0.1) is 4.90 Å². The van der Waals surface area contributed by atoms with Crippen molar-refractivity contribution in [1.82, 2.24) is 9.62 Å². The summed E-state index contributed by atoms with van der Waals surface area (Å²) >= 11 is 0. The van der Waals surface area contributed by atoms with Gasteiger partial charge in [-0.05, 0) is 69.3 Å². The fraction of sp³-hybridized carbons (Fsp3) is 0.625. The zero-order chi connectivity index (χ0) is 15.0. The molecule has 1 aliphatic carbocycles. The van der Waals surface area contributed by atoms with Crippen LogP contribution < -0.4 is 5.32 Å². The number of hydrogen-bond acceptors (Lipinski definition) is 3. The van der Waals surface area contributed by atoms with Crippen molar-refractivity contribution in [2.45, 2.75) is 56.5 Å². The molecule has 3 rings (SSSR count). The molecule has 0 aromatic heterocycles. The molecule has 21 heavy (non-hydrogen) atoms. The van der Waals surface area contributed by atoms with Crippen molar-refractivity contribution in [2.75, 3.05) is 13.1 Å². The van der Waals surface area contributed by atoms with Crippen LogP contribution >= 0.6 is 0 Å². The van der Waals surface area contributed by atoms with Crippen LogP contribution in [-0.4, -0.2) is 37.9 Å². The molecular formula is C16H24N2O2S. The monoisotopic (exact) mass is 308 g/mol. The van der Waals surface area contributed by atoms with Crippen LogP contribution in [0.1, 0.15) is 36.8 Å². The molecule has 2 aliphatic rings. The summed E-state index contributed by atoms with van der Waals surface area (Å²) in [6.45, 7) is 5.59. The molecule has 0 radical (unpaired) electrons. The number of benzene rings is 1. The second-order valence-corrected chi connectivity index (χ2v) is 8.24.